The molecule has 0 heterocycles. The first-order valence-electron chi connectivity index (χ1n) is 11.7. The van der Waals surface area contributed by atoms with Gasteiger partial charge in [0.15, 0.2) is 0 Å². The van der Waals surface area contributed by atoms with Crippen molar-refractivity contribution < 1.29 is 24.2 Å². The average molecular weight is 527 g/mol. The number of ether oxygens (including phenoxy) is 1. The van der Waals surface area contributed by atoms with Crippen LogP contribution in [0.1, 0.15) is 38.0 Å². The molecular formula is C28H22N4O7. The molecule has 0 fully saturated rings. The molecule has 0 aromatic heterocycles. The number of non-ortho nitro benzene ring substituents is 2. The predicted octanol–water partition coefficient (Wildman–Crippen LogP) is 4.94. The molecule has 0 aliphatic carbocycles. The van der Waals surface area contributed by atoms with Gasteiger partial charge in [0.2, 0.25) is 0 Å². The molecule has 0 radical (unpaired) electrons. The summed E-state index contributed by atoms with van der Waals surface area (Å²) in [6.45, 7) is 0.305. The van der Waals surface area contributed by atoms with E-state index in [-0.39, 0.29) is 22.5 Å². The lowest BCUT2D eigenvalue weighted by Crippen LogP contribution is -2.41. The zero-order valence-corrected chi connectivity index (χ0v) is 20.4. The minimum absolute atomic E-state index is 0.145. The zero-order valence-electron chi connectivity index (χ0n) is 20.4. The van der Waals surface area contributed by atoms with Crippen molar-refractivity contribution in [2.75, 3.05) is 0 Å². The van der Waals surface area contributed by atoms with Gasteiger partial charge in [0, 0.05) is 35.4 Å². The molecule has 4 rings (SSSR count). The summed E-state index contributed by atoms with van der Waals surface area (Å²) >= 11 is 0. The van der Waals surface area contributed by atoms with E-state index in [1.54, 1.807) is 24.3 Å². The van der Waals surface area contributed by atoms with Gasteiger partial charge in [0.05, 0.1) is 9.85 Å². The van der Waals surface area contributed by atoms with E-state index in [1.807, 2.05) is 30.3 Å². The Balaban J connectivity index is 1.57. The van der Waals surface area contributed by atoms with Crippen LogP contribution < -0.4 is 15.4 Å². The Bertz CT molecular complexity index is 1420. The van der Waals surface area contributed by atoms with Gasteiger partial charge in [0.25, 0.3) is 23.2 Å². The summed E-state index contributed by atoms with van der Waals surface area (Å²) < 4.78 is 5.88. The Kier molecular flexibility index (Phi) is 8.22. The fraction of sp³-hybridized carbons (Fsp3) is 0.0714. The van der Waals surface area contributed by atoms with Gasteiger partial charge in [-0.2, -0.15) is 0 Å². The Morgan fingerprint density at radius 2 is 1.21 bits per heavy atom. The molecule has 0 bridgehead atoms. The second kappa shape index (κ2) is 12.1. The highest BCUT2D eigenvalue weighted by Crippen LogP contribution is 2.21. The van der Waals surface area contributed by atoms with E-state index in [9.17, 15) is 29.8 Å². The summed E-state index contributed by atoms with van der Waals surface area (Å²) in [6, 6.07) is 26.4. The van der Waals surface area contributed by atoms with Crippen LogP contribution >= 0.6 is 0 Å². The monoisotopic (exact) mass is 526 g/mol. The number of nitrogens with one attached hydrogen (secondary N) is 2. The van der Waals surface area contributed by atoms with E-state index in [0.29, 0.717) is 17.9 Å². The number of carbonyl (C=O) groups is 2. The first-order valence-corrected chi connectivity index (χ1v) is 11.7. The number of nitro groups is 2. The van der Waals surface area contributed by atoms with Gasteiger partial charge in [-0.1, -0.05) is 42.5 Å². The molecule has 11 heteroatoms. The molecule has 0 aliphatic heterocycles. The summed E-state index contributed by atoms with van der Waals surface area (Å²) in [4.78, 5) is 46.7. The molecule has 2 amide bonds. The van der Waals surface area contributed by atoms with Crippen LogP contribution in [0, 0.1) is 20.2 Å². The fourth-order valence-electron chi connectivity index (χ4n) is 3.63. The van der Waals surface area contributed by atoms with Crippen LogP contribution in [0.15, 0.2) is 103 Å². The third kappa shape index (κ3) is 7.01. The molecule has 0 unspecified atom stereocenters. The SMILES string of the molecule is O=C(NC(NC(=O)c1ccc([N+](=O)[O-])cc1)c1cccc(OCc2ccccc2)c1)c1ccc([N+](=O)[O-])cc1. The Morgan fingerprint density at radius 1 is 0.692 bits per heavy atom. The van der Waals surface area contributed by atoms with Gasteiger partial charge in [-0.05, 0) is 47.5 Å². The maximum absolute atomic E-state index is 13.0. The van der Waals surface area contributed by atoms with Gasteiger partial charge < -0.3 is 15.4 Å². The van der Waals surface area contributed by atoms with Crippen LogP contribution in [-0.2, 0) is 6.61 Å². The molecule has 196 valence electrons. The quantitative estimate of drug-likeness (QED) is 0.168. The third-order valence-corrected chi connectivity index (χ3v) is 5.67. The molecule has 0 saturated carbocycles. The average Bonchev–Trinajstić information content (AvgIpc) is 2.96. The lowest BCUT2D eigenvalue weighted by molar-refractivity contribution is -0.385. The molecule has 0 spiro atoms. The van der Waals surface area contributed by atoms with Crippen molar-refractivity contribution in [3.8, 4) is 5.75 Å². The van der Waals surface area contributed by atoms with E-state index in [2.05, 4.69) is 10.6 Å². The maximum atomic E-state index is 13.0. The summed E-state index contributed by atoms with van der Waals surface area (Å²) in [5, 5.41) is 27.3. The largest absolute Gasteiger partial charge is 0.489 e. The molecule has 4 aromatic carbocycles. The molecule has 39 heavy (non-hydrogen) atoms. The lowest BCUT2D eigenvalue weighted by Gasteiger charge is -2.21. The van der Waals surface area contributed by atoms with Gasteiger partial charge in [-0.25, -0.2) is 0 Å². The first-order chi connectivity index (χ1) is 18.8. The van der Waals surface area contributed by atoms with E-state index < -0.39 is 27.8 Å². The van der Waals surface area contributed by atoms with Crippen LogP contribution in [0.2, 0.25) is 0 Å². The smallest absolute Gasteiger partial charge is 0.269 e. The van der Waals surface area contributed by atoms with Gasteiger partial charge >= 0.3 is 0 Å². The van der Waals surface area contributed by atoms with Crippen molar-refractivity contribution in [3.05, 3.63) is 146 Å². The van der Waals surface area contributed by atoms with Crippen LogP contribution in [-0.4, -0.2) is 21.7 Å². The minimum atomic E-state index is -1.03. The zero-order chi connectivity index (χ0) is 27.8. The molecule has 2 N–H and O–H groups in total. The third-order valence-electron chi connectivity index (χ3n) is 5.67. The standard InChI is InChI=1S/C28H22N4O7/c33-27(20-9-13-23(14-10-20)31(35)36)29-26(30-28(34)21-11-15-24(16-12-21)32(37)38)22-7-4-8-25(17-22)39-18-19-5-2-1-3-6-19/h1-17,26H,18H2,(H,29,33)(H,30,34). The number of hydrogen-bond donors (Lipinski definition) is 2. The summed E-state index contributed by atoms with van der Waals surface area (Å²) in [6.07, 6.45) is -1.03. The number of rotatable bonds is 10. The number of nitro benzene ring substituents is 2. The van der Waals surface area contributed by atoms with Crippen LogP contribution in [0.4, 0.5) is 11.4 Å². The highest BCUT2D eigenvalue weighted by Gasteiger charge is 2.21. The fourth-order valence-corrected chi connectivity index (χ4v) is 3.63. The second-order valence-electron chi connectivity index (χ2n) is 8.33. The molecular weight excluding hydrogens is 504 g/mol. The number of amides is 2. The van der Waals surface area contributed by atoms with Gasteiger partial charge in [-0.15, -0.1) is 0 Å². The second-order valence-corrected chi connectivity index (χ2v) is 8.33. The number of carbonyl (C=O) groups excluding carboxylic acids is 2. The van der Waals surface area contributed by atoms with E-state index >= 15 is 0 Å². The summed E-state index contributed by atoms with van der Waals surface area (Å²) in [5.41, 5.74) is 1.40. The Morgan fingerprint density at radius 3 is 1.69 bits per heavy atom. The molecule has 11 nitrogen and oxygen atoms in total. The Hall–Kier alpha value is -5.58. The number of benzene rings is 4. The summed E-state index contributed by atoms with van der Waals surface area (Å²) in [7, 11) is 0. The van der Waals surface area contributed by atoms with Crippen LogP contribution in [0.3, 0.4) is 0 Å². The predicted molar refractivity (Wildman–Crippen MR) is 141 cm³/mol. The minimum Gasteiger partial charge on any atom is -0.489 e. The molecule has 0 atom stereocenters. The normalized spacial score (nSPS) is 10.5. The molecule has 4 aromatic rings. The van der Waals surface area contributed by atoms with Crippen molar-refractivity contribution in [2.45, 2.75) is 12.8 Å². The number of nitrogens with zero attached hydrogens (tertiary/aromatic N) is 2. The van der Waals surface area contributed by atoms with Crippen molar-refractivity contribution in [1.82, 2.24) is 10.6 Å². The molecule has 0 aliphatic rings. The number of hydrogen-bond acceptors (Lipinski definition) is 7. The summed E-state index contributed by atoms with van der Waals surface area (Å²) in [5.74, 6) is -0.681. The van der Waals surface area contributed by atoms with Crippen molar-refractivity contribution >= 4 is 23.2 Å². The first kappa shape index (κ1) is 26.5. The highest BCUT2D eigenvalue weighted by molar-refractivity contribution is 5.97. The van der Waals surface area contributed by atoms with Crippen molar-refractivity contribution in [1.29, 1.82) is 0 Å². The van der Waals surface area contributed by atoms with Gasteiger partial charge in [-0.3, -0.25) is 29.8 Å². The van der Waals surface area contributed by atoms with Crippen LogP contribution in [0.5, 0.6) is 5.75 Å². The Labute approximate surface area is 222 Å². The van der Waals surface area contributed by atoms with E-state index in [0.717, 1.165) is 5.56 Å². The maximum Gasteiger partial charge on any atom is 0.269 e. The highest BCUT2D eigenvalue weighted by atomic mass is 16.6. The van der Waals surface area contributed by atoms with Crippen LogP contribution in [0.25, 0.3) is 0 Å². The van der Waals surface area contributed by atoms with E-state index in [1.165, 1.54) is 48.5 Å². The van der Waals surface area contributed by atoms with Crippen molar-refractivity contribution in [2.24, 2.45) is 0 Å². The van der Waals surface area contributed by atoms with Crippen molar-refractivity contribution in [3.63, 3.8) is 0 Å². The van der Waals surface area contributed by atoms with Gasteiger partial charge in [0.1, 0.15) is 18.5 Å². The van der Waals surface area contributed by atoms with E-state index in [4.69, 9.17) is 4.74 Å². The topological polar surface area (TPSA) is 154 Å². The molecule has 0 saturated heterocycles. The lowest BCUT2D eigenvalue weighted by atomic mass is 10.1.